The lowest BCUT2D eigenvalue weighted by Gasteiger charge is -2.14. The molecule has 6 heteroatoms. The second kappa shape index (κ2) is 5.40. The van der Waals surface area contributed by atoms with E-state index >= 15 is 0 Å². The maximum atomic E-state index is 12.4. The number of halogens is 3. The molecule has 106 valence electrons. The van der Waals surface area contributed by atoms with Gasteiger partial charge in [0, 0.05) is 0 Å². The van der Waals surface area contributed by atoms with E-state index in [9.17, 15) is 18.0 Å². The van der Waals surface area contributed by atoms with E-state index < -0.39 is 23.7 Å². The fourth-order valence-corrected chi connectivity index (χ4v) is 1.72. The number of alkyl halides is 3. The molecule has 2 aromatic rings. The molecular weight excluding hydrogens is 271 g/mol. The third-order valence-corrected chi connectivity index (χ3v) is 2.83. The molecule has 1 aromatic heterocycles. The molecule has 3 nitrogen and oxygen atoms in total. The maximum Gasteiger partial charge on any atom is 0.416 e. The molecule has 2 rings (SSSR count). The summed E-state index contributed by atoms with van der Waals surface area (Å²) in [6.45, 7) is 1.68. The molecule has 1 unspecified atom stereocenters. The van der Waals surface area contributed by atoms with Gasteiger partial charge in [0.05, 0.1) is 17.9 Å². The monoisotopic (exact) mass is 283 g/mol. The molecule has 1 N–H and O–H groups in total. The summed E-state index contributed by atoms with van der Waals surface area (Å²) in [6.07, 6.45) is -2.99. The van der Waals surface area contributed by atoms with E-state index in [2.05, 4.69) is 5.32 Å². The maximum absolute atomic E-state index is 12.4. The highest BCUT2D eigenvalue weighted by atomic mass is 19.4. The Bertz CT molecular complexity index is 573. The largest absolute Gasteiger partial charge is 0.459 e. The quantitative estimate of drug-likeness (QED) is 0.931. The summed E-state index contributed by atoms with van der Waals surface area (Å²) in [5.74, 6) is -0.258. The Labute approximate surface area is 113 Å². The number of benzene rings is 1. The van der Waals surface area contributed by atoms with Crippen molar-refractivity contribution in [3.63, 3.8) is 0 Å². The van der Waals surface area contributed by atoms with E-state index in [1.807, 2.05) is 0 Å². The minimum atomic E-state index is -4.36. The number of carbonyl (C=O) groups is 1. The van der Waals surface area contributed by atoms with Crippen LogP contribution in [-0.2, 0) is 6.18 Å². The summed E-state index contributed by atoms with van der Waals surface area (Å²) < 4.78 is 42.2. The lowest BCUT2D eigenvalue weighted by Crippen LogP contribution is -2.26. The number of hydrogen-bond donors (Lipinski definition) is 1. The van der Waals surface area contributed by atoms with Crippen LogP contribution >= 0.6 is 0 Å². The molecule has 1 atom stereocenters. The van der Waals surface area contributed by atoms with Crippen LogP contribution in [0.4, 0.5) is 13.2 Å². The van der Waals surface area contributed by atoms with Crippen LogP contribution in [0.5, 0.6) is 0 Å². The van der Waals surface area contributed by atoms with E-state index in [4.69, 9.17) is 4.42 Å². The van der Waals surface area contributed by atoms with Crippen molar-refractivity contribution in [2.75, 3.05) is 0 Å². The molecule has 0 bridgehead atoms. The topological polar surface area (TPSA) is 42.2 Å². The highest BCUT2D eigenvalue weighted by Gasteiger charge is 2.30. The minimum Gasteiger partial charge on any atom is -0.459 e. The van der Waals surface area contributed by atoms with Gasteiger partial charge in [-0.15, -0.1) is 0 Å². The third-order valence-electron chi connectivity index (χ3n) is 2.83. The zero-order chi connectivity index (χ0) is 14.8. The Balaban J connectivity index is 2.06. The molecule has 0 spiro atoms. The Hall–Kier alpha value is -2.24. The third kappa shape index (κ3) is 3.20. The molecule has 1 amide bonds. The summed E-state index contributed by atoms with van der Waals surface area (Å²) in [6, 6.07) is 7.34. The normalized spacial score (nSPS) is 13.0. The predicted molar refractivity (Wildman–Crippen MR) is 66.0 cm³/mol. The summed E-state index contributed by atoms with van der Waals surface area (Å²) in [5.41, 5.74) is -0.135. The Morgan fingerprint density at radius 1 is 1.20 bits per heavy atom. The number of carbonyl (C=O) groups excluding carboxylic acids is 1. The molecule has 0 aliphatic rings. The van der Waals surface area contributed by atoms with Crippen molar-refractivity contribution in [3.05, 3.63) is 59.5 Å². The second-order valence-electron chi connectivity index (χ2n) is 4.29. The smallest absolute Gasteiger partial charge is 0.416 e. The van der Waals surface area contributed by atoms with E-state index in [0.29, 0.717) is 5.56 Å². The van der Waals surface area contributed by atoms with Gasteiger partial charge in [-0.1, -0.05) is 12.1 Å². The molecule has 0 radical (unpaired) electrons. The highest BCUT2D eigenvalue weighted by molar-refractivity contribution is 5.91. The molecule has 0 aliphatic heterocycles. The SMILES string of the molecule is CC(NC(=O)c1ccco1)c1ccc(C(F)(F)F)cc1. The van der Waals surface area contributed by atoms with Crippen LogP contribution in [0.1, 0.15) is 34.6 Å². The van der Waals surface area contributed by atoms with Crippen molar-refractivity contribution in [2.45, 2.75) is 19.1 Å². The fraction of sp³-hybridized carbons (Fsp3) is 0.214. The van der Waals surface area contributed by atoms with Gasteiger partial charge in [0.1, 0.15) is 0 Å². The van der Waals surface area contributed by atoms with Crippen LogP contribution < -0.4 is 5.32 Å². The van der Waals surface area contributed by atoms with Crippen molar-refractivity contribution in [3.8, 4) is 0 Å². The van der Waals surface area contributed by atoms with E-state index in [1.165, 1.54) is 24.5 Å². The zero-order valence-corrected chi connectivity index (χ0v) is 10.6. The van der Waals surface area contributed by atoms with Crippen molar-refractivity contribution < 1.29 is 22.4 Å². The molecule has 20 heavy (non-hydrogen) atoms. The standard InChI is InChI=1S/C14H12F3NO2/c1-9(18-13(19)12-3-2-8-20-12)10-4-6-11(7-5-10)14(15,16)17/h2-9H,1H3,(H,18,19). The first-order chi connectivity index (χ1) is 9.38. The first-order valence-corrected chi connectivity index (χ1v) is 5.89. The molecule has 1 aromatic carbocycles. The lowest BCUT2D eigenvalue weighted by atomic mass is 10.1. The number of furan rings is 1. The van der Waals surface area contributed by atoms with Crippen LogP contribution in [-0.4, -0.2) is 5.91 Å². The predicted octanol–water partition coefficient (Wildman–Crippen LogP) is 3.79. The summed E-state index contributed by atoms with van der Waals surface area (Å²) in [7, 11) is 0. The van der Waals surface area contributed by atoms with Crippen molar-refractivity contribution in [2.24, 2.45) is 0 Å². The summed E-state index contributed by atoms with van der Waals surface area (Å²) in [5, 5.41) is 2.64. The Morgan fingerprint density at radius 3 is 2.35 bits per heavy atom. The Kier molecular flexibility index (Phi) is 3.83. The van der Waals surface area contributed by atoms with Crippen LogP contribution in [0.25, 0.3) is 0 Å². The van der Waals surface area contributed by atoms with Gasteiger partial charge >= 0.3 is 6.18 Å². The van der Waals surface area contributed by atoms with Crippen molar-refractivity contribution >= 4 is 5.91 Å². The fourth-order valence-electron chi connectivity index (χ4n) is 1.72. The van der Waals surface area contributed by atoms with Gasteiger partial charge in [0.15, 0.2) is 5.76 Å². The van der Waals surface area contributed by atoms with Crippen LogP contribution in [0.2, 0.25) is 0 Å². The van der Waals surface area contributed by atoms with E-state index in [0.717, 1.165) is 12.1 Å². The van der Waals surface area contributed by atoms with Gasteiger partial charge in [-0.3, -0.25) is 4.79 Å². The van der Waals surface area contributed by atoms with Gasteiger partial charge in [-0.05, 0) is 36.8 Å². The molecule has 0 aliphatic carbocycles. The number of hydrogen-bond acceptors (Lipinski definition) is 2. The highest BCUT2D eigenvalue weighted by Crippen LogP contribution is 2.29. The molecule has 1 heterocycles. The van der Waals surface area contributed by atoms with E-state index in [1.54, 1.807) is 13.0 Å². The number of rotatable bonds is 3. The van der Waals surface area contributed by atoms with E-state index in [-0.39, 0.29) is 5.76 Å². The van der Waals surface area contributed by atoms with Gasteiger partial charge in [0.2, 0.25) is 0 Å². The average molecular weight is 283 g/mol. The van der Waals surface area contributed by atoms with Gasteiger partial charge in [0.25, 0.3) is 5.91 Å². The van der Waals surface area contributed by atoms with Crippen LogP contribution in [0.3, 0.4) is 0 Å². The Morgan fingerprint density at radius 2 is 1.85 bits per heavy atom. The summed E-state index contributed by atoms with van der Waals surface area (Å²) >= 11 is 0. The zero-order valence-electron chi connectivity index (χ0n) is 10.6. The second-order valence-corrected chi connectivity index (χ2v) is 4.29. The number of amides is 1. The van der Waals surface area contributed by atoms with Crippen LogP contribution in [0.15, 0.2) is 47.1 Å². The average Bonchev–Trinajstić information content (AvgIpc) is 2.91. The lowest BCUT2D eigenvalue weighted by molar-refractivity contribution is -0.137. The molecule has 0 fully saturated rings. The number of nitrogens with one attached hydrogen (secondary N) is 1. The van der Waals surface area contributed by atoms with Crippen LogP contribution in [0, 0.1) is 0 Å². The van der Waals surface area contributed by atoms with Gasteiger partial charge in [-0.2, -0.15) is 13.2 Å². The first kappa shape index (κ1) is 14.2. The minimum absolute atomic E-state index is 0.156. The molecular formula is C14H12F3NO2. The van der Waals surface area contributed by atoms with Gasteiger partial charge in [-0.25, -0.2) is 0 Å². The van der Waals surface area contributed by atoms with Crippen molar-refractivity contribution in [1.82, 2.24) is 5.32 Å². The molecule has 0 saturated heterocycles. The summed E-state index contributed by atoms with van der Waals surface area (Å²) in [4.78, 5) is 11.7. The van der Waals surface area contributed by atoms with Gasteiger partial charge < -0.3 is 9.73 Å². The molecule has 0 saturated carbocycles. The first-order valence-electron chi connectivity index (χ1n) is 5.89. The van der Waals surface area contributed by atoms with Crippen molar-refractivity contribution in [1.29, 1.82) is 0 Å².